The van der Waals surface area contributed by atoms with Gasteiger partial charge in [0, 0.05) is 24.1 Å². The first-order valence-corrected chi connectivity index (χ1v) is 7.37. The number of rotatable bonds is 3. The molecule has 23 heavy (non-hydrogen) atoms. The summed E-state index contributed by atoms with van der Waals surface area (Å²) < 4.78 is 11.2. The maximum absolute atomic E-state index is 12.2. The molecule has 1 aromatic carbocycles. The van der Waals surface area contributed by atoms with Gasteiger partial charge in [-0.3, -0.25) is 9.59 Å². The number of hydrogen-bond acceptors (Lipinski definition) is 5. The van der Waals surface area contributed by atoms with Gasteiger partial charge in [-0.25, -0.2) is 0 Å². The molecule has 0 spiro atoms. The minimum Gasteiger partial charge on any atom is -0.390 e. The predicted octanol–water partition coefficient (Wildman–Crippen LogP) is 0.372. The lowest BCUT2D eigenvalue weighted by Crippen LogP contribution is -2.31. The lowest BCUT2D eigenvalue weighted by atomic mass is 9.86. The largest absolute Gasteiger partial charge is 0.390 e. The summed E-state index contributed by atoms with van der Waals surface area (Å²) in [7, 11) is 1.50. The standard InChI is InChI=1S/C16H22N2O5/c1-16(2)22-7-11(12(19)8-23-16)13-9(14(17)20)5-4-6-10(13)15(21)18-3/h4-6,11-12,19H,7-8H2,1-3H3,(H2,17,20)(H,18,21)/t11-,12-/m1/s1. The number of ether oxygens (including phenoxy) is 2. The zero-order chi connectivity index (χ0) is 17.2. The maximum atomic E-state index is 12.2. The molecule has 1 fully saturated rings. The predicted molar refractivity (Wildman–Crippen MR) is 83.1 cm³/mol. The molecule has 126 valence electrons. The molecular formula is C16H22N2O5. The first-order valence-electron chi connectivity index (χ1n) is 7.37. The minimum absolute atomic E-state index is 0.0257. The summed E-state index contributed by atoms with van der Waals surface area (Å²) in [6.07, 6.45) is -0.930. The van der Waals surface area contributed by atoms with E-state index in [-0.39, 0.29) is 30.2 Å². The Kier molecular flexibility index (Phi) is 5.03. The minimum atomic E-state index is -0.930. The van der Waals surface area contributed by atoms with Gasteiger partial charge in [0.1, 0.15) is 0 Å². The fourth-order valence-corrected chi connectivity index (χ4v) is 2.63. The van der Waals surface area contributed by atoms with E-state index < -0.39 is 23.7 Å². The SMILES string of the molecule is CNC(=O)c1cccc(C(N)=O)c1[C@@H]1COC(C)(C)OC[C@H]1O. The van der Waals surface area contributed by atoms with Crippen molar-refractivity contribution in [2.24, 2.45) is 5.73 Å². The van der Waals surface area contributed by atoms with Gasteiger partial charge in [-0.05, 0) is 31.5 Å². The molecule has 1 heterocycles. The third-order valence-corrected chi connectivity index (χ3v) is 3.89. The molecule has 7 heteroatoms. The molecule has 1 saturated heterocycles. The Balaban J connectivity index is 2.55. The summed E-state index contributed by atoms with van der Waals surface area (Å²) in [5, 5.41) is 13.0. The van der Waals surface area contributed by atoms with E-state index in [1.54, 1.807) is 26.0 Å². The van der Waals surface area contributed by atoms with E-state index in [0.29, 0.717) is 5.56 Å². The van der Waals surface area contributed by atoms with E-state index in [2.05, 4.69) is 5.32 Å². The van der Waals surface area contributed by atoms with Gasteiger partial charge in [-0.2, -0.15) is 0 Å². The number of primary amides is 1. The van der Waals surface area contributed by atoms with Crippen LogP contribution in [0.4, 0.5) is 0 Å². The van der Waals surface area contributed by atoms with E-state index in [4.69, 9.17) is 15.2 Å². The van der Waals surface area contributed by atoms with Crippen LogP contribution in [0.25, 0.3) is 0 Å². The first-order chi connectivity index (χ1) is 10.8. The van der Waals surface area contributed by atoms with Gasteiger partial charge >= 0.3 is 0 Å². The number of carbonyl (C=O) groups is 2. The molecule has 0 radical (unpaired) electrons. The third-order valence-electron chi connectivity index (χ3n) is 3.89. The number of amides is 2. The number of aliphatic hydroxyl groups excluding tert-OH is 1. The van der Waals surface area contributed by atoms with Crippen molar-refractivity contribution in [1.29, 1.82) is 0 Å². The van der Waals surface area contributed by atoms with Crippen LogP contribution in [0.2, 0.25) is 0 Å². The topological polar surface area (TPSA) is 111 Å². The van der Waals surface area contributed by atoms with Crippen LogP contribution in [0.1, 0.15) is 46.0 Å². The van der Waals surface area contributed by atoms with Gasteiger partial charge in [0.2, 0.25) is 5.91 Å². The summed E-state index contributed by atoms with van der Waals surface area (Å²) in [6, 6.07) is 4.70. The average Bonchev–Trinajstić information content (AvgIpc) is 2.64. The zero-order valence-corrected chi connectivity index (χ0v) is 13.5. The van der Waals surface area contributed by atoms with Crippen molar-refractivity contribution in [2.75, 3.05) is 20.3 Å². The second-order valence-corrected chi connectivity index (χ2v) is 5.91. The van der Waals surface area contributed by atoms with Crippen molar-refractivity contribution in [3.05, 3.63) is 34.9 Å². The lowest BCUT2D eigenvalue weighted by molar-refractivity contribution is -0.203. The van der Waals surface area contributed by atoms with Gasteiger partial charge in [-0.1, -0.05) is 6.07 Å². The Morgan fingerprint density at radius 2 is 1.87 bits per heavy atom. The second-order valence-electron chi connectivity index (χ2n) is 5.91. The van der Waals surface area contributed by atoms with Gasteiger partial charge in [0.05, 0.1) is 19.3 Å². The van der Waals surface area contributed by atoms with Crippen LogP contribution in [0.3, 0.4) is 0 Å². The molecule has 2 rings (SSSR count). The molecule has 1 aromatic rings. The molecule has 0 aliphatic carbocycles. The van der Waals surface area contributed by atoms with Crippen LogP contribution >= 0.6 is 0 Å². The number of carbonyl (C=O) groups excluding carboxylic acids is 2. The van der Waals surface area contributed by atoms with Crippen LogP contribution < -0.4 is 11.1 Å². The number of benzene rings is 1. The Hall–Kier alpha value is -1.96. The molecule has 7 nitrogen and oxygen atoms in total. The Bertz CT molecular complexity index is 614. The quantitative estimate of drug-likeness (QED) is 0.745. The molecule has 0 saturated carbocycles. The van der Waals surface area contributed by atoms with Crippen LogP contribution in [-0.2, 0) is 9.47 Å². The Morgan fingerprint density at radius 3 is 2.48 bits per heavy atom. The van der Waals surface area contributed by atoms with E-state index in [0.717, 1.165) is 0 Å². The number of aliphatic hydroxyl groups is 1. The summed E-state index contributed by atoms with van der Waals surface area (Å²) in [5.41, 5.74) is 6.31. The first kappa shape index (κ1) is 17.4. The highest BCUT2D eigenvalue weighted by atomic mass is 16.7. The molecule has 0 bridgehead atoms. The molecule has 2 atom stereocenters. The highest BCUT2D eigenvalue weighted by Gasteiger charge is 2.35. The normalized spacial score (nSPS) is 23.8. The average molecular weight is 322 g/mol. The van der Waals surface area contributed by atoms with Crippen LogP contribution in [0.15, 0.2) is 18.2 Å². The number of nitrogens with two attached hydrogens (primary N) is 1. The third kappa shape index (κ3) is 3.69. The van der Waals surface area contributed by atoms with Crippen LogP contribution in [0, 0.1) is 0 Å². The molecular weight excluding hydrogens is 300 g/mol. The summed E-state index contributed by atoms with van der Waals surface area (Å²) in [6.45, 7) is 3.60. The fraction of sp³-hybridized carbons (Fsp3) is 0.500. The monoisotopic (exact) mass is 322 g/mol. The molecule has 1 aliphatic heterocycles. The van der Waals surface area contributed by atoms with E-state index >= 15 is 0 Å². The summed E-state index contributed by atoms with van der Waals surface area (Å²) in [5.74, 6) is -2.49. The molecule has 4 N–H and O–H groups in total. The van der Waals surface area contributed by atoms with E-state index in [1.165, 1.54) is 13.1 Å². The Labute approximate surface area is 134 Å². The highest BCUT2D eigenvalue weighted by Crippen LogP contribution is 2.32. The van der Waals surface area contributed by atoms with Crippen molar-refractivity contribution in [3.63, 3.8) is 0 Å². The number of hydrogen-bond donors (Lipinski definition) is 3. The molecule has 0 unspecified atom stereocenters. The second kappa shape index (κ2) is 6.66. The maximum Gasteiger partial charge on any atom is 0.251 e. The van der Waals surface area contributed by atoms with Crippen molar-refractivity contribution in [1.82, 2.24) is 5.32 Å². The summed E-state index contributed by atoms with van der Waals surface area (Å²) >= 11 is 0. The summed E-state index contributed by atoms with van der Waals surface area (Å²) in [4.78, 5) is 23.9. The van der Waals surface area contributed by atoms with Gasteiger partial charge < -0.3 is 25.6 Å². The zero-order valence-electron chi connectivity index (χ0n) is 13.5. The van der Waals surface area contributed by atoms with E-state index in [1.807, 2.05) is 0 Å². The fourth-order valence-electron chi connectivity index (χ4n) is 2.63. The molecule has 0 aromatic heterocycles. The van der Waals surface area contributed by atoms with Gasteiger partial charge in [0.15, 0.2) is 5.79 Å². The highest BCUT2D eigenvalue weighted by molar-refractivity contribution is 6.01. The van der Waals surface area contributed by atoms with Gasteiger partial charge in [-0.15, -0.1) is 0 Å². The van der Waals surface area contributed by atoms with Crippen molar-refractivity contribution < 1.29 is 24.2 Å². The smallest absolute Gasteiger partial charge is 0.251 e. The van der Waals surface area contributed by atoms with Crippen LogP contribution in [0.5, 0.6) is 0 Å². The lowest BCUT2D eigenvalue weighted by Gasteiger charge is -2.24. The van der Waals surface area contributed by atoms with E-state index in [9.17, 15) is 14.7 Å². The molecule has 1 aliphatic rings. The van der Waals surface area contributed by atoms with Crippen molar-refractivity contribution in [3.8, 4) is 0 Å². The van der Waals surface area contributed by atoms with Crippen LogP contribution in [-0.4, -0.2) is 49.1 Å². The molecule has 2 amide bonds. The van der Waals surface area contributed by atoms with Gasteiger partial charge in [0.25, 0.3) is 5.91 Å². The van der Waals surface area contributed by atoms with Crippen molar-refractivity contribution >= 4 is 11.8 Å². The Morgan fingerprint density at radius 1 is 1.26 bits per heavy atom. The number of nitrogens with one attached hydrogen (secondary N) is 1. The van der Waals surface area contributed by atoms with Crippen molar-refractivity contribution in [2.45, 2.75) is 31.7 Å².